The van der Waals surface area contributed by atoms with Crippen LogP contribution >= 0.6 is 0 Å². The first-order chi connectivity index (χ1) is 13.5. The van der Waals surface area contributed by atoms with Crippen LogP contribution in [0.25, 0.3) is 16.9 Å². The second-order valence-corrected chi connectivity index (χ2v) is 6.88. The van der Waals surface area contributed by atoms with Gasteiger partial charge in [-0.05, 0) is 44.0 Å². The smallest absolute Gasteiger partial charge is 0.379 e. The standard InChI is InChI=1S/C24H25NO3/c1-4-5-15-28-24(27)23(26)21-16-22(19-13-11-17(2)12-14-19)25(18(21)3)20-9-7-6-8-10-20/h6-14,16H,4-5,15H2,1-3H3. The number of nitrogens with zero attached hydrogens (tertiary/aromatic N) is 1. The van der Waals surface area contributed by atoms with Crippen molar-refractivity contribution in [1.82, 2.24) is 4.57 Å². The molecule has 2 aromatic carbocycles. The molecule has 0 spiro atoms. The van der Waals surface area contributed by atoms with Gasteiger partial charge in [0.2, 0.25) is 0 Å². The molecule has 0 saturated heterocycles. The van der Waals surface area contributed by atoms with Crippen LogP contribution in [0.3, 0.4) is 0 Å². The molecule has 144 valence electrons. The van der Waals surface area contributed by atoms with Crippen molar-refractivity contribution in [2.45, 2.75) is 33.6 Å². The van der Waals surface area contributed by atoms with Crippen LogP contribution in [-0.2, 0) is 9.53 Å². The molecule has 28 heavy (non-hydrogen) atoms. The quantitative estimate of drug-likeness (QED) is 0.244. The van der Waals surface area contributed by atoms with E-state index in [2.05, 4.69) is 0 Å². The molecule has 4 nitrogen and oxygen atoms in total. The summed E-state index contributed by atoms with van der Waals surface area (Å²) in [4.78, 5) is 25.0. The van der Waals surface area contributed by atoms with E-state index in [-0.39, 0.29) is 6.61 Å². The first-order valence-corrected chi connectivity index (χ1v) is 9.59. The van der Waals surface area contributed by atoms with Crippen molar-refractivity contribution in [3.05, 3.63) is 77.5 Å². The van der Waals surface area contributed by atoms with E-state index >= 15 is 0 Å². The Kier molecular flexibility index (Phi) is 6.09. The minimum absolute atomic E-state index is 0.268. The molecule has 3 aromatic rings. The number of esters is 1. The number of aromatic nitrogens is 1. The van der Waals surface area contributed by atoms with E-state index in [0.29, 0.717) is 5.56 Å². The molecule has 4 heteroatoms. The highest BCUT2D eigenvalue weighted by Crippen LogP contribution is 2.30. The Morgan fingerprint density at radius 1 is 0.964 bits per heavy atom. The maximum Gasteiger partial charge on any atom is 0.379 e. The minimum Gasteiger partial charge on any atom is -0.460 e. The van der Waals surface area contributed by atoms with Crippen molar-refractivity contribution in [3.8, 4) is 16.9 Å². The fraction of sp³-hybridized carbons (Fsp3) is 0.250. The van der Waals surface area contributed by atoms with Crippen LogP contribution in [0.2, 0.25) is 0 Å². The van der Waals surface area contributed by atoms with Crippen LogP contribution in [0.4, 0.5) is 0 Å². The summed E-state index contributed by atoms with van der Waals surface area (Å²) < 4.78 is 7.14. The van der Waals surface area contributed by atoms with E-state index in [1.165, 1.54) is 0 Å². The zero-order chi connectivity index (χ0) is 20.1. The summed E-state index contributed by atoms with van der Waals surface area (Å²) in [7, 11) is 0. The number of hydrogen-bond donors (Lipinski definition) is 0. The molecular formula is C24H25NO3. The monoisotopic (exact) mass is 375 g/mol. The first-order valence-electron chi connectivity index (χ1n) is 9.59. The summed E-state index contributed by atoms with van der Waals surface area (Å²) >= 11 is 0. The maximum absolute atomic E-state index is 12.8. The van der Waals surface area contributed by atoms with Gasteiger partial charge in [-0.2, -0.15) is 0 Å². The number of para-hydroxylation sites is 1. The normalized spacial score (nSPS) is 10.7. The first kappa shape index (κ1) is 19.6. The molecule has 0 N–H and O–H groups in total. The Labute approximate surface area is 165 Å². The summed E-state index contributed by atoms with van der Waals surface area (Å²) in [6.07, 6.45) is 1.65. The van der Waals surface area contributed by atoms with E-state index in [1.54, 1.807) is 6.07 Å². The van der Waals surface area contributed by atoms with Gasteiger partial charge in [0.25, 0.3) is 5.78 Å². The van der Waals surface area contributed by atoms with Crippen molar-refractivity contribution < 1.29 is 14.3 Å². The molecule has 0 saturated carbocycles. The molecule has 0 amide bonds. The third-order valence-electron chi connectivity index (χ3n) is 4.77. The summed E-state index contributed by atoms with van der Waals surface area (Å²) in [5.74, 6) is -1.39. The molecular weight excluding hydrogens is 350 g/mol. The third-order valence-corrected chi connectivity index (χ3v) is 4.77. The molecule has 1 heterocycles. The molecule has 0 aliphatic rings. The predicted octanol–water partition coefficient (Wildman–Crippen LogP) is 5.29. The van der Waals surface area contributed by atoms with Crippen LogP contribution < -0.4 is 0 Å². The van der Waals surface area contributed by atoms with Gasteiger partial charge in [-0.1, -0.05) is 61.4 Å². The van der Waals surface area contributed by atoms with Crippen molar-refractivity contribution in [2.24, 2.45) is 0 Å². The van der Waals surface area contributed by atoms with E-state index < -0.39 is 11.8 Å². The van der Waals surface area contributed by atoms with Gasteiger partial charge in [0, 0.05) is 11.4 Å². The van der Waals surface area contributed by atoms with Gasteiger partial charge in [-0.25, -0.2) is 4.79 Å². The van der Waals surface area contributed by atoms with E-state index in [1.807, 2.05) is 79.9 Å². The minimum atomic E-state index is -0.794. The number of benzene rings is 2. The lowest BCUT2D eigenvalue weighted by Crippen LogP contribution is -2.18. The number of carbonyl (C=O) groups is 2. The summed E-state index contributed by atoms with van der Waals surface area (Å²) in [5, 5.41) is 0. The molecule has 0 fully saturated rings. The Morgan fingerprint density at radius 2 is 1.64 bits per heavy atom. The molecule has 0 bridgehead atoms. The molecule has 1 aromatic heterocycles. The van der Waals surface area contributed by atoms with E-state index in [0.717, 1.165) is 41.0 Å². The van der Waals surface area contributed by atoms with Crippen molar-refractivity contribution >= 4 is 11.8 Å². The molecule has 0 atom stereocenters. The van der Waals surface area contributed by atoms with Crippen molar-refractivity contribution in [2.75, 3.05) is 6.61 Å². The number of aryl methyl sites for hydroxylation is 1. The zero-order valence-electron chi connectivity index (χ0n) is 16.6. The Balaban J connectivity index is 2.06. The van der Waals surface area contributed by atoms with Gasteiger partial charge in [-0.15, -0.1) is 0 Å². The lowest BCUT2D eigenvalue weighted by molar-refractivity contribution is -0.138. The van der Waals surface area contributed by atoms with Crippen LogP contribution in [0.1, 0.15) is 41.4 Å². The molecule has 0 radical (unpaired) electrons. The average Bonchev–Trinajstić information content (AvgIpc) is 3.05. The molecule has 3 rings (SSSR count). The van der Waals surface area contributed by atoms with Gasteiger partial charge < -0.3 is 9.30 Å². The lowest BCUT2D eigenvalue weighted by atomic mass is 10.1. The van der Waals surface area contributed by atoms with Gasteiger partial charge in [0.15, 0.2) is 0 Å². The molecule has 0 unspecified atom stereocenters. The number of carbonyl (C=O) groups excluding carboxylic acids is 2. The van der Waals surface area contributed by atoms with Crippen LogP contribution in [0.5, 0.6) is 0 Å². The Hall–Kier alpha value is -3.14. The zero-order valence-corrected chi connectivity index (χ0v) is 16.6. The van der Waals surface area contributed by atoms with Gasteiger partial charge in [0.05, 0.1) is 17.9 Å². The number of unbranched alkanes of at least 4 members (excludes halogenated alkanes) is 1. The lowest BCUT2D eigenvalue weighted by Gasteiger charge is -2.12. The third kappa shape index (κ3) is 4.06. The number of ketones is 1. The fourth-order valence-electron chi connectivity index (χ4n) is 3.17. The second kappa shape index (κ2) is 8.70. The van der Waals surface area contributed by atoms with Gasteiger partial charge in [-0.3, -0.25) is 4.79 Å². The number of hydrogen-bond acceptors (Lipinski definition) is 3. The topological polar surface area (TPSA) is 48.3 Å². The van der Waals surface area contributed by atoms with Crippen LogP contribution in [-0.4, -0.2) is 22.9 Å². The fourth-order valence-corrected chi connectivity index (χ4v) is 3.17. The largest absolute Gasteiger partial charge is 0.460 e. The average molecular weight is 375 g/mol. The Bertz CT molecular complexity index is 969. The summed E-state index contributed by atoms with van der Waals surface area (Å²) in [5.41, 5.74) is 5.05. The molecule has 0 aliphatic carbocycles. The van der Waals surface area contributed by atoms with E-state index in [9.17, 15) is 9.59 Å². The van der Waals surface area contributed by atoms with Crippen LogP contribution in [0, 0.1) is 13.8 Å². The van der Waals surface area contributed by atoms with Crippen molar-refractivity contribution in [3.63, 3.8) is 0 Å². The number of rotatable bonds is 7. The molecule has 0 aliphatic heterocycles. The van der Waals surface area contributed by atoms with Crippen LogP contribution in [0.15, 0.2) is 60.7 Å². The highest BCUT2D eigenvalue weighted by atomic mass is 16.5. The van der Waals surface area contributed by atoms with Gasteiger partial charge >= 0.3 is 5.97 Å². The maximum atomic E-state index is 12.8. The van der Waals surface area contributed by atoms with Gasteiger partial charge in [0.1, 0.15) is 0 Å². The summed E-state index contributed by atoms with van der Waals surface area (Å²) in [6, 6.07) is 19.7. The predicted molar refractivity (Wildman–Crippen MR) is 111 cm³/mol. The highest BCUT2D eigenvalue weighted by molar-refractivity contribution is 6.41. The SMILES string of the molecule is CCCCOC(=O)C(=O)c1cc(-c2ccc(C)cc2)n(-c2ccccc2)c1C. The second-order valence-electron chi connectivity index (χ2n) is 6.88. The number of Topliss-reactive ketones (excluding diaryl/α,β-unsaturated/α-hetero) is 1. The number of ether oxygens (including phenoxy) is 1. The summed E-state index contributed by atoms with van der Waals surface area (Å²) in [6.45, 7) is 6.17. The van der Waals surface area contributed by atoms with E-state index in [4.69, 9.17) is 4.74 Å². The highest BCUT2D eigenvalue weighted by Gasteiger charge is 2.25. The van der Waals surface area contributed by atoms with Crippen molar-refractivity contribution in [1.29, 1.82) is 0 Å². The Morgan fingerprint density at radius 3 is 2.29 bits per heavy atom.